The molecule has 2 N–H and O–H groups in total. The summed E-state index contributed by atoms with van der Waals surface area (Å²) in [4.78, 5) is 4.54. The summed E-state index contributed by atoms with van der Waals surface area (Å²) in [5.74, 6) is 1.10. The lowest BCUT2D eigenvalue weighted by Crippen LogP contribution is -2.41. The summed E-state index contributed by atoms with van der Waals surface area (Å²) in [7, 11) is 0. The summed E-state index contributed by atoms with van der Waals surface area (Å²) >= 11 is 0. The van der Waals surface area contributed by atoms with Crippen LogP contribution in [0.2, 0.25) is 0 Å². The molecule has 2 aromatic rings. The molecule has 1 aliphatic carbocycles. The minimum Gasteiger partial charge on any atom is -0.357 e. The van der Waals surface area contributed by atoms with Gasteiger partial charge >= 0.3 is 0 Å². The molecule has 0 saturated heterocycles. The van der Waals surface area contributed by atoms with Gasteiger partial charge in [-0.2, -0.15) is 0 Å². The molecule has 4 heteroatoms. The SMILES string of the molecule is CCNC(=NCc1cccc(F)c1)NCC1Cc2ccccc21. The highest BCUT2D eigenvalue weighted by Gasteiger charge is 2.25. The molecule has 0 fully saturated rings. The summed E-state index contributed by atoms with van der Waals surface area (Å²) in [6, 6.07) is 15.1. The Morgan fingerprint density at radius 1 is 1.17 bits per heavy atom. The number of halogens is 1. The third-order valence-electron chi connectivity index (χ3n) is 4.13. The summed E-state index contributed by atoms with van der Waals surface area (Å²) < 4.78 is 13.2. The van der Waals surface area contributed by atoms with Crippen LogP contribution in [-0.2, 0) is 13.0 Å². The average molecular weight is 311 g/mol. The zero-order valence-electron chi connectivity index (χ0n) is 13.3. The monoisotopic (exact) mass is 311 g/mol. The zero-order chi connectivity index (χ0) is 16.1. The third kappa shape index (κ3) is 3.89. The highest BCUT2D eigenvalue weighted by atomic mass is 19.1. The van der Waals surface area contributed by atoms with Crippen LogP contribution >= 0.6 is 0 Å². The van der Waals surface area contributed by atoms with E-state index in [0.29, 0.717) is 12.5 Å². The van der Waals surface area contributed by atoms with Gasteiger partial charge in [0, 0.05) is 19.0 Å². The van der Waals surface area contributed by atoms with Crippen LogP contribution in [-0.4, -0.2) is 19.0 Å². The topological polar surface area (TPSA) is 36.4 Å². The Hall–Kier alpha value is -2.36. The fourth-order valence-corrected chi connectivity index (χ4v) is 2.91. The molecule has 1 atom stereocenters. The molecule has 1 aliphatic rings. The first kappa shape index (κ1) is 15.5. The lowest BCUT2D eigenvalue weighted by Gasteiger charge is -2.30. The van der Waals surface area contributed by atoms with E-state index in [4.69, 9.17) is 0 Å². The number of hydrogen-bond donors (Lipinski definition) is 2. The second kappa shape index (κ2) is 7.27. The van der Waals surface area contributed by atoms with Crippen LogP contribution in [0.4, 0.5) is 4.39 Å². The Labute approximate surface area is 136 Å². The van der Waals surface area contributed by atoms with E-state index < -0.39 is 0 Å². The van der Waals surface area contributed by atoms with Gasteiger partial charge in [0.25, 0.3) is 0 Å². The van der Waals surface area contributed by atoms with Crippen LogP contribution < -0.4 is 10.6 Å². The van der Waals surface area contributed by atoms with Crippen LogP contribution in [0.3, 0.4) is 0 Å². The number of guanidine groups is 1. The van der Waals surface area contributed by atoms with Crippen molar-refractivity contribution in [2.45, 2.75) is 25.8 Å². The summed E-state index contributed by atoms with van der Waals surface area (Å²) in [6.07, 6.45) is 1.12. The van der Waals surface area contributed by atoms with Crippen LogP contribution in [0.5, 0.6) is 0 Å². The van der Waals surface area contributed by atoms with E-state index in [0.717, 1.165) is 31.0 Å². The summed E-state index contributed by atoms with van der Waals surface area (Å²) in [5.41, 5.74) is 3.75. The second-order valence-corrected chi connectivity index (χ2v) is 5.81. The van der Waals surface area contributed by atoms with Crippen LogP contribution in [0, 0.1) is 5.82 Å². The number of nitrogens with one attached hydrogen (secondary N) is 2. The van der Waals surface area contributed by atoms with Gasteiger partial charge in [0.05, 0.1) is 6.54 Å². The number of hydrogen-bond acceptors (Lipinski definition) is 1. The molecule has 3 nitrogen and oxygen atoms in total. The molecule has 0 saturated carbocycles. The van der Waals surface area contributed by atoms with E-state index in [2.05, 4.69) is 39.9 Å². The predicted molar refractivity (Wildman–Crippen MR) is 92.1 cm³/mol. The van der Waals surface area contributed by atoms with Crippen molar-refractivity contribution < 1.29 is 4.39 Å². The lowest BCUT2D eigenvalue weighted by atomic mass is 9.78. The quantitative estimate of drug-likeness (QED) is 0.657. The van der Waals surface area contributed by atoms with Crippen molar-refractivity contribution in [1.29, 1.82) is 0 Å². The number of nitrogens with zero attached hydrogens (tertiary/aromatic N) is 1. The molecule has 0 aromatic heterocycles. The molecular formula is C19H22FN3. The van der Waals surface area contributed by atoms with Crippen molar-refractivity contribution in [3.05, 3.63) is 71.0 Å². The molecule has 1 unspecified atom stereocenters. The van der Waals surface area contributed by atoms with Crippen LogP contribution in [0.15, 0.2) is 53.5 Å². The van der Waals surface area contributed by atoms with Gasteiger partial charge in [-0.1, -0.05) is 36.4 Å². The number of benzene rings is 2. The van der Waals surface area contributed by atoms with E-state index in [9.17, 15) is 4.39 Å². The first-order valence-corrected chi connectivity index (χ1v) is 8.10. The molecular weight excluding hydrogens is 289 g/mol. The van der Waals surface area contributed by atoms with E-state index in [1.807, 2.05) is 13.0 Å². The highest BCUT2D eigenvalue weighted by Crippen LogP contribution is 2.33. The third-order valence-corrected chi connectivity index (χ3v) is 4.13. The fraction of sp³-hybridized carbons (Fsp3) is 0.316. The van der Waals surface area contributed by atoms with E-state index in [1.165, 1.54) is 23.3 Å². The first-order chi connectivity index (χ1) is 11.3. The molecule has 3 rings (SSSR count). The van der Waals surface area contributed by atoms with Gasteiger partial charge in [-0.25, -0.2) is 9.38 Å². The highest BCUT2D eigenvalue weighted by molar-refractivity contribution is 5.79. The zero-order valence-corrected chi connectivity index (χ0v) is 13.3. The maximum Gasteiger partial charge on any atom is 0.191 e. The standard InChI is InChI=1S/C19H22FN3/c1-2-21-19(22-12-14-6-5-8-17(20)10-14)23-13-16-11-15-7-3-4-9-18(15)16/h3-10,16H,2,11-13H2,1H3,(H2,21,22,23). The van der Waals surface area contributed by atoms with Gasteiger partial charge in [0.1, 0.15) is 5.82 Å². The molecule has 23 heavy (non-hydrogen) atoms. The average Bonchev–Trinajstić information content (AvgIpc) is 2.53. The molecule has 0 aliphatic heterocycles. The van der Waals surface area contributed by atoms with Crippen molar-refractivity contribution in [3.8, 4) is 0 Å². The smallest absolute Gasteiger partial charge is 0.191 e. The van der Waals surface area contributed by atoms with Gasteiger partial charge in [0.2, 0.25) is 0 Å². The van der Waals surface area contributed by atoms with E-state index in [1.54, 1.807) is 6.07 Å². The molecule has 2 aromatic carbocycles. The molecule has 120 valence electrons. The van der Waals surface area contributed by atoms with Crippen LogP contribution in [0.1, 0.15) is 29.5 Å². The Bertz CT molecular complexity index is 697. The van der Waals surface area contributed by atoms with E-state index in [-0.39, 0.29) is 5.82 Å². The Kier molecular flexibility index (Phi) is 4.91. The van der Waals surface area contributed by atoms with Crippen molar-refractivity contribution >= 4 is 5.96 Å². The molecule has 0 heterocycles. The van der Waals surface area contributed by atoms with Gasteiger partial charge in [-0.05, 0) is 42.2 Å². The summed E-state index contributed by atoms with van der Waals surface area (Å²) in [6.45, 7) is 4.18. The minimum absolute atomic E-state index is 0.221. The van der Waals surface area contributed by atoms with Gasteiger partial charge in [0.15, 0.2) is 5.96 Å². The van der Waals surface area contributed by atoms with Gasteiger partial charge < -0.3 is 10.6 Å². The molecule has 0 spiro atoms. The predicted octanol–water partition coefficient (Wildman–Crippen LogP) is 3.22. The summed E-state index contributed by atoms with van der Waals surface area (Å²) in [5, 5.41) is 6.63. The molecule has 0 bridgehead atoms. The van der Waals surface area contributed by atoms with E-state index >= 15 is 0 Å². The van der Waals surface area contributed by atoms with Crippen LogP contribution in [0.25, 0.3) is 0 Å². The number of aliphatic imine (C=N–C) groups is 1. The number of rotatable bonds is 5. The maximum absolute atomic E-state index is 13.2. The van der Waals surface area contributed by atoms with Crippen molar-refractivity contribution in [2.24, 2.45) is 4.99 Å². The Balaban J connectivity index is 1.58. The van der Waals surface area contributed by atoms with Crippen molar-refractivity contribution in [3.63, 3.8) is 0 Å². The normalized spacial score (nSPS) is 16.4. The lowest BCUT2D eigenvalue weighted by molar-refractivity contribution is 0.584. The second-order valence-electron chi connectivity index (χ2n) is 5.81. The number of fused-ring (bicyclic) bond motifs is 1. The molecule has 0 radical (unpaired) electrons. The Morgan fingerprint density at radius 3 is 2.83 bits per heavy atom. The fourth-order valence-electron chi connectivity index (χ4n) is 2.91. The van der Waals surface area contributed by atoms with Crippen molar-refractivity contribution in [2.75, 3.05) is 13.1 Å². The largest absolute Gasteiger partial charge is 0.357 e. The minimum atomic E-state index is -0.221. The van der Waals surface area contributed by atoms with Gasteiger partial charge in [-0.3, -0.25) is 0 Å². The Morgan fingerprint density at radius 2 is 2.04 bits per heavy atom. The molecule has 0 amide bonds. The van der Waals surface area contributed by atoms with Crippen molar-refractivity contribution in [1.82, 2.24) is 10.6 Å². The maximum atomic E-state index is 13.2. The first-order valence-electron chi connectivity index (χ1n) is 8.10. The van der Waals surface area contributed by atoms with Gasteiger partial charge in [-0.15, -0.1) is 0 Å².